The third-order valence-electron chi connectivity index (χ3n) is 5.16. The minimum Gasteiger partial charge on any atom is -0.349 e. The summed E-state index contributed by atoms with van der Waals surface area (Å²) in [6.07, 6.45) is 5.20. The van der Waals surface area contributed by atoms with Crippen LogP contribution in [0.15, 0.2) is 18.2 Å². The zero-order chi connectivity index (χ0) is 14.3. The second-order valence-corrected chi connectivity index (χ2v) is 6.58. The number of hydrogen-bond acceptors (Lipinski definition) is 1. The molecule has 2 saturated carbocycles. The van der Waals surface area contributed by atoms with Gasteiger partial charge in [0.15, 0.2) is 0 Å². The van der Waals surface area contributed by atoms with Gasteiger partial charge in [-0.15, -0.1) is 0 Å². The largest absolute Gasteiger partial charge is 0.349 e. The molecule has 108 valence electrons. The standard InChI is InChI=1S/C17H22FNO/c1-10-3-6-16(18)15(7-10)17(20)19-11(2)14-9-12-4-5-13(14)8-12/h3,6-7,11-14H,4-5,8-9H2,1-2H3,(H,19,20). The molecule has 3 rings (SSSR count). The van der Waals surface area contributed by atoms with Crippen LogP contribution in [0.25, 0.3) is 0 Å². The van der Waals surface area contributed by atoms with Gasteiger partial charge in [0.1, 0.15) is 5.82 Å². The number of halogens is 1. The molecule has 20 heavy (non-hydrogen) atoms. The Kier molecular flexibility index (Phi) is 3.53. The van der Waals surface area contributed by atoms with Gasteiger partial charge in [-0.1, -0.05) is 18.1 Å². The normalized spacial score (nSPS) is 29.4. The van der Waals surface area contributed by atoms with E-state index in [1.54, 1.807) is 12.1 Å². The molecular formula is C17H22FNO. The monoisotopic (exact) mass is 275 g/mol. The molecular weight excluding hydrogens is 253 g/mol. The Morgan fingerprint density at radius 1 is 1.35 bits per heavy atom. The van der Waals surface area contributed by atoms with E-state index in [9.17, 15) is 9.18 Å². The number of nitrogens with one attached hydrogen (secondary N) is 1. The lowest BCUT2D eigenvalue weighted by Crippen LogP contribution is -2.40. The first-order valence-corrected chi connectivity index (χ1v) is 7.61. The van der Waals surface area contributed by atoms with Crippen LogP contribution in [0.1, 0.15) is 48.5 Å². The molecule has 2 aliphatic carbocycles. The van der Waals surface area contributed by atoms with Crippen LogP contribution in [0, 0.1) is 30.5 Å². The molecule has 0 aliphatic heterocycles. The van der Waals surface area contributed by atoms with Crippen molar-refractivity contribution in [2.24, 2.45) is 17.8 Å². The summed E-state index contributed by atoms with van der Waals surface area (Å²) in [6, 6.07) is 4.81. The number of benzene rings is 1. The summed E-state index contributed by atoms with van der Waals surface area (Å²) in [5.41, 5.74) is 1.07. The molecule has 0 aromatic heterocycles. The molecule has 4 unspecified atom stereocenters. The molecule has 0 radical (unpaired) electrons. The highest BCUT2D eigenvalue weighted by atomic mass is 19.1. The summed E-state index contributed by atoms with van der Waals surface area (Å²) in [5.74, 6) is 1.48. The van der Waals surface area contributed by atoms with Gasteiger partial charge in [-0.25, -0.2) is 4.39 Å². The zero-order valence-corrected chi connectivity index (χ0v) is 12.2. The van der Waals surface area contributed by atoms with E-state index >= 15 is 0 Å². The van der Waals surface area contributed by atoms with Crippen LogP contribution < -0.4 is 5.32 Å². The lowest BCUT2D eigenvalue weighted by Gasteiger charge is -2.28. The second-order valence-electron chi connectivity index (χ2n) is 6.58. The first-order chi connectivity index (χ1) is 9.54. The fourth-order valence-electron chi connectivity index (χ4n) is 4.11. The number of amides is 1. The van der Waals surface area contributed by atoms with E-state index in [0.29, 0.717) is 5.92 Å². The quantitative estimate of drug-likeness (QED) is 0.895. The van der Waals surface area contributed by atoms with Crippen LogP contribution >= 0.6 is 0 Å². The molecule has 0 spiro atoms. The van der Waals surface area contributed by atoms with Gasteiger partial charge in [-0.3, -0.25) is 4.79 Å². The fraction of sp³-hybridized carbons (Fsp3) is 0.588. The Hall–Kier alpha value is -1.38. The molecule has 2 fully saturated rings. The van der Waals surface area contributed by atoms with Crippen molar-refractivity contribution in [1.29, 1.82) is 0 Å². The van der Waals surface area contributed by atoms with E-state index in [4.69, 9.17) is 0 Å². The van der Waals surface area contributed by atoms with Gasteiger partial charge in [0.25, 0.3) is 5.91 Å². The number of aryl methyl sites for hydroxylation is 1. The van der Waals surface area contributed by atoms with E-state index in [2.05, 4.69) is 12.2 Å². The molecule has 2 bridgehead atoms. The molecule has 0 heterocycles. The molecule has 1 aromatic carbocycles. The number of hydrogen-bond donors (Lipinski definition) is 1. The smallest absolute Gasteiger partial charge is 0.254 e. The first kappa shape index (κ1) is 13.6. The third-order valence-corrected chi connectivity index (χ3v) is 5.16. The van der Waals surface area contributed by atoms with Crippen molar-refractivity contribution in [3.63, 3.8) is 0 Å². The summed E-state index contributed by atoms with van der Waals surface area (Å²) < 4.78 is 13.7. The van der Waals surface area contributed by atoms with Crippen molar-refractivity contribution >= 4 is 5.91 Å². The minimum absolute atomic E-state index is 0.137. The Morgan fingerprint density at radius 2 is 2.15 bits per heavy atom. The van der Waals surface area contributed by atoms with Crippen molar-refractivity contribution in [3.8, 4) is 0 Å². The molecule has 4 atom stereocenters. The molecule has 2 aliphatic rings. The van der Waals surface area contributed by atoms with Gasteiger partial charge in [-0.2, -0.15) is 0 Å². The number of carbonyl (C=O) groups is 1. The van der Waals surface area contributed by atoms with Gasteiger partial charge >= 0.3 is 0 Å². The minimum atomic E-state index is -0.437. The molecule has 1 aromatic rings. The Labute approximate surface area is 119 Å². The van der Waals surface area contributed by atoms with Gasteiger partial charge in [0.2, 0.25) is 0 Å². The van der Waals surface area contributed by atoms with Crippen LogP contribution in [-0.4, -0.2) is 11.9 Å². The fourth-order valence-corrected chi connectivity index (χ4v) is 4.11. The van der Waals surface area contributed by atoms with Gasteiger partial charge in [0.05, 0.1) is 5.56 Å². The highest BCUT2D eigenvalue weighted by Crippen LogP contribution is 2.49. The zero-order valence-electron chi connectivity index (χ0n) is 12.2. The van der Waals surface area contributed by atoms with Crippen molar-refractivity contribution in [1.82, 2.24) is 5.32 Å². The SMILES string of the molecule is Cc1ccc(F)c(C(=O)NC(C)C2CC3CCC2C3)c1. The molecule has 0 saturated heterocycles. The van der Waals surface area contributed by atoms with Gasteiger partial charge in [-0.05, 0) is 63.0 Å². The molecule has 1 amide bonds. The molecule has 1 N–H and O–H groups in total. The summed E-state index contributed by atoms with van der Waals surface area (Å²) in [5, 5.41) is 3.01. The average Bonchev–Trinajstić information content (AvgIpc) is 3.03. The van der Waals surface area contributed by atoms with Crippen molar-refractivity contribution < 1.29 is 9.18 Å². The van der Waals surface area contributed by atoms with Crippen LogP contribution in [0.3, 0.4) is 0 Å². The Bertz CT molecular complexity index is 528. The van der Waals surface area contributed by atoms with E-state index < -0.39 is 5.82 Å². The maximum absolute atomic E-state index is 13.7. The lowest BCUT2D eigenvalue weighted by molar-refractivity contribution is 0.0911. The van der Waals surface area contributed by atoms with E-state index in [0.717, 1.165) is 17.4 Å². The second kappa shape index (κ2) is 5.19. The highest BCUT2D eigenvalue weighted by molar-refractivity contribution is 5.94. The maximum atomic E-state index is 13.7. The van der Waals surface area contributed by atoms with Crippen LogP contribution in [0.4, 0.5) is 4.39 Å². The van der Waals surface area contributed by atoms with Crippen molar-refractivity contribution in [2.45, 2.75) is 45.6 Å². The van der Waals surface area contributed by atoms with Crippen molar-refractivity contribution in [3.05, 3.63) is 35.1 Å². The predicted octanol–water partition coefficient (Wildman–Crippen LogP) is 3.69. The van der Waals surface area contributed by atoms with E-state index in [1.807, 2.05) is 6.92 Å². The van der Waals surface area contributed by atoms with Crippen molar-refractivity contribution in [2.75, 3.05) is 0 Å². The number of fused-ring (bicyclic) bond motifs is 2. The summed E-state index contributed by atoms with van der Waals surface area (Å²) in [6.45, 7) is 3.94. The number of carbonyl (C=O) groups excluding carboxylic acids is 1. The maximum Gasteiger partial charge on any atom is 0.254 e. The highest BCUT2D eigenvalue weighted by Gasteiger charge is 2.42. The third kappa shape index (κ3) is 2.46. The van der Waals surface area contributed by atoms with E-state index in [-0.39, 0.29) is 17.5 Å². The average molecular weight is 275 g/mol. The van der Waals surface area contributed by atoms with Crippen LogP contribution in [0.5, 0.6) is 0 Å². The predicted molar refractivity (Wildman–Crippen MR) is 77.0 cm³/mol. The van der Waals surface area contributed by atoms with Gasteiger partial charge in [0, 0.05) is 6.04 Å². The summed E-state index contributed by atoms with van der Waals surface area (Å²) in [4.78, 5) is 12.2. The van der Waals surface area contributed by atoms with Crippen LogP contribution in [-0.2, 0) is 0 Å². The van der Waals surface area contributed by atoms with Gasteiger partial charge < -0.3 is 5.32 Å². The molecule has 2 nitrogen and oxygen atoms in total. The van der Waals surface area contributed by atoms with Crippen LogP contribution in [0.2, 0.25) is 0 Å². The Morgan fingerprint density at radius 3 is 2.80 bits per heavy atom. The summed E-state index contributed by atoms with van der Waals surface area (Å²) in [7, 11) is 0. The number of rotatable bonds is 3. The van der Waals surface area contributed by atoms with E-state index in [1.165, 1.54) is 31.7 Å². The summed E-state index contributed by atoms with van der Waals surface area (Å²) >= 11 is 0. The lowest BCUT2D eigenvalue weighted by atomic mass is 9.84. The Balaban J connectivity index is 1.68. The molecule has 3 heteroatoms. The topological polar surface area (TPSA) is 29.1 Å². The first-order valence-electron chi connectivity index (χ1n) is 7.61.